The van der Waals surface area contributed by atoms with Gasteiger partial charge in [-0.1, -0.05) is 25.6 Å². The number of nitrogens with one attached hydrogen (secondary N) is 1. The number of amides is 3. The molecule has 2 rings (SSSR count). The summed E-state index contributed by atoms with van der Waals surface area (Å²) in [5, 5.41) is 11.0. The molecule has 9 heteroatoms. The highest BCUT2D eigenvalue weighted by Gasteiger charge is 2.37. The van der Waals surface area contributed by atoms with Crippen LogP contribution >= 0.6 is 11.8 Å². The number of carbonyl (C=O) groups is 2. The first-order valence-corrected chi connectivity index (χ1v) is 8.95. The second kappa shape index (κ2) is 7.87. The van der Waals surface area contributed by atoms with Crippen molar-refractivity contribution in [1.82, 2.24) is 25.3 Å². The number of urea groups is 1. The molecule has 1 N–H and O–H groups in total. The largest absolute Gasteiger partial charge is 0.416 e. The molecule has 2 atom stereocenters. The Morgan fingerprint density at radius 1 is 1.38 bits per heavy atom. The van der Waals surface area contributed by atoms with Crippen molar-refractivity contribution in [1.29, 1.82) is 0 Å². The van der Waals surface area contributed by atoms with Gasteiger partial charge in [0.1, 0.15) is 0 Å². The lowest BCUT2D eigenvalue weighted by molar-refractivity contribution is -0.127. The molecule has 0 spiro atoms. The minimum Gasteiger partial charge on any atom is -0.416 e. The van der Waals surface area contributed by atoms with Crippen molar-refractivity contribution in [3.8, 4) is 0 Å². The first-order chi connectivity index (χ1) is 11.3. The fourth-order valence-electron chi connectivity index (χ4n) is 2.70. The maximum Gasteiger partial charge on any atom is 0.317 e. The summed E-state index contributed by atoms with van der Waals surface area (Å²) in [5.74, 6) is 1.37. The Balaban J connectivity index is 1.93. The molecule has 8 nitrogen and oxygen atoms in total. The third-order valence-electron chi connectivity index (χ3n) is 4.12. The smallest absolute Gasteiger partial charge is 0.317 e. The third kappa shape index (κ3) is 4.62. The van der Waals surface area contributed by atoms with E-state index in [1.165, 1.54) is 16.7 Å². The zero-order chi connectivity index (χ0) is 17.9. The molecule has 0 bridgehead atoms. The van der Waals surface area contributed by atoms with E-state index in [0.29, 0.717) is 30.1 Å². The van der Waals surface area contributed by atoms with Crippen LogP contribution in [-0.4, -0.2) is 70.9 Å². The first kappa shape index (κ1) is 18.6. The number of hydrogen-bond acceptors (Lipinski definition) is 6. The maximum absolute atomic E-state index is 12.5. The molecule has 1 aromatic heterocycles. The quantitative estimate of drug-likeness (QED) is 0.799. The second-order valence-corrected chi connectivity index (χ2v) is 7.46. The topological polar surface area (TPSA) is 91.6 Å². The van der Waals surface area contributed by atoms with Gasteiger partial charge in [0.25, 0.3) is 5.22 Å². The van der Waals surface area contributed by atoms with Gasteiger partial charge < -0.3 is 19.5 Å². The van der Waals surface area contributed by atoms with E-state index in [9.17, 15) is 9.59 Å². The molecule has 24 heavy (non-hydrogen) atoms. The van der Waals surface area contributed by atoms with Crippen molar-refractivity contribution in [2.75, 3.05) is 32.9 Å². The molecule has 3 amide bonds. The van der Waals surface area contributed by atoms with Gasteiger partial charge in [-0.05, 0) is 5.92 Å². The van der Waals surface area contributed by atoms with Crippen molar-refractivity contribution in [2.24, 2.45) is 11.8 Å². The Morgan fingerprint density at radius 2 is 2.08 bits per heavy atom. The molecule has 1 fully saturated rings. The van der Waals surface area contributed by atoms with E-state index >= 15 is 0 Å². The van der Waals surface area contributed by atoms with Crippen LogP contribution in [0.2, 0.25) is 0 Å². The van der Waals surface area contributed by atoms with E-state index < -0.39 is 0 Å². The highest BCUT2D eigenvalue weighted by Crippen LogP contribution is 2.26. The average molecular weight is 355 g/mol. The van der Waals surface area contributed by atoms with Crippen LogP contribution in [0.3, 0.4) is 0 Å². The summed E-state index contributed by atoms with van der Waals surface area (Å²) in [6.45, 7) is 7.13. The molecule has 2 heterocycles. The van der Waals surface area contributed by atoms with Crippen molar-refractivity contribution < 1.29 is 14.0 Å². The number of nitrogens with zero attached hydrogens (tertiary/aromatic N) is 4. The molecule has 134 valence electrons. The summed E-state index contributed by atoms with van der Waals surface area (Å²) in [5.41, 5.74) is 0. The van der Waals surface area contributed by atoms with Gasteiger partial charge in [-0.25, -0.2) is 4.79 Å². The lowest BCUT2D eigenvalue weighted by atomic mass is 9.91. The van der Waals surface area contributed by atoms with Gasteiger partial charge in [0.05, 0.1) is 11.8 Å². The lowest BCUT2D eigenvalue weighted by Gasteiger charge is -2.24. The summed E-state index contributed by atoms with van der Waals surface area (Å²) < 4.78 is 5.26. The predicted molar refractivity (Wildman–Crippen MR) is 90.7 cm³/mol. The Morgan fingerprint density at radius 3 is 2.62 bits per heavy atom. The van der Waals surface area contributed by atoms with Gasteiger partial charge in [0.2, 0.25) is 11.8 Å². The molecule has 1 aliphatic rings. The SMILES string of the molecule is Cc1nnc(SCC(=O)N2C[C@@H](NC(=O)N(C)C)[C@H](C(C)C)C2)o1. The van der Waals surface area contributed by atoms with Crippen molar-refractivity contribution in [2.45, 2.75) is 32.0 Å². The Bertz CT molecular complexity index is 589. The summed E-state index contributed by atoms with van der Waals surface area (Å²) in [6, 6.07) is -0.157. The highest BCUT2D eigenvalue weighted by atomic mass is 32.2. The minimum atomic E-state index is -0.129. The molecule has 0 aliphatic carbocycles. The van der Waals surface area contributed by atoms with E-state index in [1.807, 2.05) is 4.90 Å². The molecular formula is C15H25N5O3S. The van der Waals surface area contributed by atoms with E-state index in [4.69, 9.17) is 4.42 Å². The molecule has 0 radical (unpaired) electrons. The minimum absolute atomic E-state index is 0.0168. The molecule has 0 saturated carbocycles. The van der Waals surface area contributed by atoms with Crippen LogP contribution in [0, 0.1) is 18.8 Å². The number of likely N-dealkylation sites (tertiary alicyclic amines) is 1. The Hall–Kier alpha value is -1.77. The normalized spacial score (nSPS) is 20.5. The van der Waals surface area contributed by atoms with Crippen LogP contribution in [0.5, 0.6) is 0 Å². The Labute approximate surface area is 146 Å². The van der Waals surface area contributed by atoms with Gasteiger partial charge in [0.15, 0.2) is 0 Å². The number of aryl methyl sites for hydroxylation is 1. The highest BCUT2D eigenvalue weighted by molar-refractivity contribution is 7.99. The summed E-state index contributed by atoms with van der Waals surface area (Å²) in [7, 11) is 3.42. The summed E-state index contributed by atoms with van der Waals surface area (Å²) >= 11 is 1.24. The monoisotopic (exact) mass is 355 g/mol. The molecule has 0 unspecified atom stereocenters. The molecule has 1 aliphatic heterocycles. The van der Waals surface area contributed by atoms with Crippen LogP contribution in [0.25, 0.3) is 0 Å². The van der Waals surface area contributed by atoms with Gasteiger partial charge in [0, 0.05) is 40.0 Å². The number of carbonyl (C=O) groups excluding carboxylic acids is 2. The molecule has 1 aromatic rings. The van der Waals surface area contributed by atoms with E-state index in [2.05, 4.69) is 29.4 Å². The van der Waals surface area contributed by atoms with Crippen molar-refractivity contribution >= 4 is 23.7 Å². The van der Waals surface area contributed by atoms with Crippen LogP contribution in [0.1, 0.15) is 19.7 Å². The van der Waals surface area contributed by atoms with Crippen molar-refractivity contribution in [3.05, 3.63) is 5.89 Å². The predicted octanol–water partition coefficient (Wildman–Crippen LogP) is 1.22. The van der Waals surface area contributed by atoms with E-state index in [1.54, 1.807) is 21.0 Å². The fraction of sp³-hybridized carbons (Fsp3) is 0.733. The van der Waals surface area contributed by atoms with Gasteiger partial charge >= 0.3 is 6.03 Å². The van der Waals surface area contributed by atoms with E-state index in [-0.39, 0.29) is 29.7 Å². The number of hydrogen-bond donors (Lipinski definition) is 1. The fourth-order valence-corrected chi connectivity index (χ4v) is 3.41. The number of rotatable bonds is 5. The lowest BCUT2D eigenvalue weighted by Crippen LogP contribution is -2.46. The standard InChI is InChI=1S/C15H25N5O3S/c1-9(2)11-6-20(7-12(11)16-14(22)19(4)5)13(21)8-24-15-18-17-10(3)23-15/h9,11-12H,6-8H2,1-5H3,(H,16,22)/t11-,12+/m0/s1. The number of thioether (sulfide) groups is 1. The Kier molecular flexibility index (Phi) is 6.09. The van der Waals surface area contributed by atoms with Crippen molar-refractivity contribution in [3.63, 3.8) is 0 Å². The maximum atomic E-state index is 12.5. The van der Waals surface area contributed by atoms with Crippen LogP contribution < -0.4 is 5.32 Å². The van der Waals surface area contributed by atoms with Crippen LogP contribution in [-0.2, 0) is 4.79 Å². The molecular weight excluding hydrogens is 330 g/mol. The van der Waals surface area contributed by atoms with Crippen LogP contribution in [0.4, 0.5) is 4.79 Å². The molecule has 1 saturated heterocycles. The van der Waals surface area contributed by atoms with Gasteiger partial charge in [-0.2, -0.15) is 0 Å². The zero-order valence-corrected chi connectivity index (χ0v) is 15.6. The summed E-state index contributed by atoms with van der Waals surface area (Å²) in [4.78, 5) is 27.7. The summed E-state index contributed by atoms with van der Waals surface area (Å²) in [6.07, 6.45) is 0. The third-order valence-corrected chi connectivity index (χ3v) is 4.92. The van der Waals surface area contributed by atoms with E-state index in [0.717, 1.165) is 0 Å². The number of aromatic nitrogens is 2. The van der Waals surface area contributed by atoms with Crippen LogP contribution in [0.15, 0.2) is 9.64 Å². The zero-order valence-electron chi connectivity index (χ0n) is 14.8. The van der Waals surface area contributed by atoms with Gasteiger partial charge in [-0.15, -0.1) is 10.2 Å². The first-order valence-electron chi connectivity index (χ1n) is 7.96. The average Bonchev–Trinajstić information content (AvgIpc) is 3.11. The second-order valence-electron chi connectivity index (χ2n) is 6.53. The molecule has 0 aromatic carbocycles. The van der Waals surface area contributed by atoms with Gasteiger partial charge in [-0.3, -0.25) is 4.79 Å².